The topological polar surface area (TPSA) is 79.9 Å². The summed E-state index contributed by atoms with van der Waals surface area (Å²) in [5.41, 5.74) is 0.217. The summed E-state index contributed by atoms with van der Waals surface area (Å²) in [5, 5.41) is 6.32. The second-order valence-corrected chi connectivity index (χ2v) is 6.32. The van der Waals surface area contributed by atoms with Gasteiger partial charge in [-0.05, 0) is 39.0 Å². The third kappa shape index (κ3) is 6.18. The van der Waals surface area contributed by atoms with Crippen LogP contribution in [0.1, 0.15) is 30.0 Å². The number of rotatable bonds is 9. The number of carbonyl (C=O) groups excluding carboxylic acids is 2. The molecule has 27 heavy (non-hydrogen) atoms. The Hall–Kier alpha value is -2.74. The van der Waals surface area contributed by atoms with Crippen molar-refractivity contribution in [2.24, 2.45) is 0 Å². The molecule has 1 aromatic carbocycles. The number of nitrogens with zero attached hydrogens (tertiary/aromatic N) is 2. The third-order valence-electron chi connectivity index (χ3n) is 4.32. The van der Waals surface area contributed by atoms with Crippen LogP contribution >= 0.6 is 0 Å². The van der Waals surface area contributed by atoms with Crippen LogP contribution in [-0.4, -0.2) is 54.6 Å². The molecular formula is C19H26FN4O3+. The predicted molar refractivity (Wildman–Crippen MR) is 99.1 cm³/mol. The lowest BCUT2D eigenvalue weighted by Crippen LogP contribution is -3.12. The number of halogens is 1. The molecule has 7 nitrogen and oxygen atoms in total. The Morgan fingerprint density at radius 3 is 2.59 bits per heavy atom. The van der Waals surface area contributed by atoms with Crippen LogP contribution in [0.15, 0.2) is 34.9 Å². The Balaban J connectivity index is 2.10. The largest absolute Gasteiger partial charge is 0.360 e. The smallest absolute Gasteiger partial charge is 0.254 e. The van der Waals surface area contributed by atoms with Gasteiger partial charge < -0.3 is 19.6 Å². The zero-order valence-corrected chi connectivity index (χ0v) is 15.9. The van der Waals surface area contributed by atoms with Gasteiger partial charge in [-0.15, -0.1) is 0 Å². The Kier molecular flexibility index (Phi) is 7.48. The molecule has 8 heteroatoms. The Morgan fingerprint density at radius 1 is 1.26 bits per heavy atom. The van der Waals surface area contributed by atoms with Crippen LogP contribution in [0.2, 0.25) is 0 Å². The monoisotopic (exact) mass is 377 g/mol. The molecule has 0 aliphatic heterocycles. The van der Waals surface area contributed by atoms with E-state index in [9.17, 15) is 14.0 Å². The van der Waals surface area contributed by atoms with Crippen LogP contribution in [-0.2, 0) is 4.79 Å². The van der Waals surface area contributed by atoms with Crippen LogP contribution in [0.25, 0.3) is 0 Å². The van der Waals surface area contributed by atoms with Gasteiger partial charge in [0.2, 0.25) is 5.91 Å². The van der Waals surface area contributed by atoms with Gasteiger partial charge in [-0.2, -0.15) is 0 Å². The highest BCUT2D eigenvalue weighted by Gasteiger charge is 2.21. The van der Waals surface area contributed by atoms with E-state index < -0.39 is 5.82 Å². The van der Waals surface area contributed by atoms with Crippen molar-refractivity contribution < 1.29 is 23.4 Å². The summed E-state index contributed by atoms with van der Waals surface area (Å²) >= 11 is 0. The maximum Gasteiger partial charge on any atom is 0.254 e. The number of anilines is 1. The van der Waals surface area contributed by atoms with Crippen LogP contribution in [0.4, 0.5) is 10.2 Å². The van der Waals surface area contributed by atoms with E-state index in [-0.39, 0.29) is 23.9 Å². The third-order valence-corrected chi connectivity index (χ3v) is 4.32. The lowest BCUT2D eigenvalue weighted by Gasteiger charge is -2.24. The maximum atomic E-state index is 13.5. The van der Waals surface area contributed by atoms with Crippen molar-refractivity contribution in [1.82, 2.24) is 10.1 Å². The number of benzene rings is 1. The fourth-order valence-electron chi connectivity index (χ4n) is 2.73. The summed E-state index contributed by atoms with van der Waals surface area (Å²) in [6, 6.07) is 7.08. The molecule has 2 amide bonds. The molecule has 1 aromatic heterocycles. The Labute approximate surface area is 158 Å². The number of amides is 2. The first kappa shape index (κ1) is 20.6. The zero-order chi connectivity index (χ0) is 19.8. The predicted octanol–water partition coefficient (Wildman–Crippen LogP) is 1.13. The number of quaternary nitrogens is 1. The summed E-state index contributed by atoms with van der Waals surface area (Å²) in [6.07, 6.45) is 0. The number of hydrogen-bond acceptors (Lipinski definition) is 4. The first-order valence-corrected chi connectivity index (χ1v) is 9.04. The molecule has 0 unspecified atom stereocenters. The zero-order valence-electron chi connectivity index (χ0n) is 15.9. The minimum atomic E-state index is -0.488. The van der Waals surface area contributed by atoms with E-state index in [1.807, 2.05) is 0 Å². The molecule has 146 valence electrons. The van der Waals surface area contributed by atoms with Crippen molar-refractivity contribution in [2.45, 2.75) is 20.8 Å². The molecule has 0 saturated carbocycles. The van der Waals surface area contributed by atoms with Crippen molar-refractivity contribution in [2.75, 3.05) is 38.0 Å². The molecule has 0 aliphatic carbocycles. The van der Waals surface area contributed by atoms with Crippen LogP contribution in [0.5, 0.6) is 0 Å². The molecule has 1 heterocycles. The van der Waals surface area contributed by atoms with E-state index in [1.165, 1.54) is 28.0 Å². The van der Waals surface area contributed by atoms with Gasteiger partial charge in [-0.3, -0.25) is 9.59 Å². The SMILES string of the molecule is CC[NH+](CC)CCN(CC(=O)Nc1cc(C)on1)C(=O)c1cccc(F)c1. The van der Waals surface area contributed by atoms with Gasteiger partial charge in [0.05, 0.1) is 26.2 Å². The fraction of sp³-hybridized carbons (Fsp3) is 0.421. The number of hydrogen-bond donors (Lipinski definition) is 2. The highest BCUT2D eigenvalue weighted by Crippen LogP contribution is 2.09. The van der Waals surface area contributed by atoms with Crippen molar-refractivity contribution in [1.29, 1.82) is 0 Å². The maximum absolute atomic E-state index is 13.5. The average molecular weight is 377 g/mol. The quantitative estimate of drug-likeness (QED) is 0.687. The van der Waals surface area contributed by atoms with Crippen molar-refractivity contribution in [3.63, 3.8) is 0 Å². The molecular weight excluding hydrogens is 351 g/mol. The van der Waals surface area contributed by atoms with Gasteiger partial charge >= 0.3 is 0 Å². The molecule has 0 radical (unpaired) electrons. The highest BCUT2D eigenvalue weighted by atomic mass is 19.1. The molecule has 2 N–H and O–H groups in total. The Bertz CT molecular complexity index is 774. The lowest BCUT2D eigenvalue weighted by molar-refractivity contribution is -0.895. The first-order chi connectivity index (χ1) is 12.9. The van der Waals surface area contributed by atoms with Gasteiger partial charge in [0, 0.05) is 11.6 Å². The van der Waals surface area contributed by atoms with Gasteiger partial charge in [-0.1, -0.05) is 11.2 Å². The number of nitrogens with one attached hydrogen (secondary N) is 2. The van der Waals surface area contributed by atoms with Crippen LogP contribution < -0.4 is 10.2 Å². The minimum absolute atomic E-state index is 0.151. The van der Waals surface area contributed by atoms with Gasteiger partial charge in [0.1, 0.15) is 18.1 Å². The van der Waals surface area contributed by atoms with E-state index in [2.05, 4.69) is 24.3 Å². The molecule has 2 rings (SSSR count). The molecule has 0 atom stereocenters. The van der Waals surface area contributed by atoms with Gasteiger partial charge in [-0.25, -0.2) is 4.39 Å². The fourth-order valence-corrected chi connectivity index (χ4v) is 2.73. The molecule has 0 aliphatic rings. The molecule has 0 spiro atoms. The minimum Gasteiger partial charge on any atom is -0.360 e. The second kappa shape index (κ2) is 9.82. The lowest BCUT2D eigenvalue weighted by atomic mass is 10.2. The Morgan fingerprint density at radius 2 is 2.00 bits per heavy atom. The normalized spacial score (nSPS) is 10.9. The number of carbonyl (C=O) groups is 2. The van der Waals surface area contributed by atoms with E-state index in [0.29, 0.717) is 24.7 Å². The number of likely N-dealkylation sites (N-methyl/N-ethyl adjacent to an activating group) is 1. The summed E-state index contributed by atoms with van der Waals surface area (Å²) in [6.45, 7) is 8.62. The summed E-state index contributed by atoms with van der Waals surface area (Å²) < 4.78 is 18.4. The van der Waals surface area contributed by atoms with Crippen molar-refractivity contribution in [3.8, 4) is 0 Å². The highest BCUT2D eigenvalue weighted by molar-refractivity contribution is 5.99. The number of aryl methyl sites for hydroxylation is 1. The molecule has 0 fully saturated rings. The summed E-state index contributed by atoms with van der Waals surface area (Å²) in [7, 11) is 0. The molecule has 0 saturated heterocycles. The average Bonchev–Trinajstić information content (AvgIpc) is 3.05. The van der Waals surface area contributed by atoms with E-state index >= 15 is 0 Å². The van der Waals surface area contributed by atoms with E-state index in [1.54, 1.807) is 19.1 Å². The summed E-state index contributed by atoms with van der Waals surface area (Å²) in [5.74, 6) is -0.388. The van der Waals surface area contributed by atoms with Crippen LogP contribution in [0.3, 0.4) is 0 Å². The molecule has 2 aromatic rings. The van der Waals surface area contributed by atoms with Gasteiger partial charge in [0.15, 0.2) is 5.82 Å². The second-order valence-electron chi connectivity index (χ2n) is 6.32. The van der Waals surface area contributed by atoms with Crippen molar-refractivity contribution in [3.05, 3.63) is 47.5 Å². The molecule has 0 bridgehead atoms. The standard InChI is InChI=1S/C19H25FN4O3/c1-4-23(5-2)9-10-24(19(26)15-7-6-8-16(20)12-15)13-18(25)21-17-11-14(3)27-22-17/h6-8,11-12H,4-5,9-10,13H2,1-3H3,(H,21,22,25)/p+1. The van der Waals surface area contributed by atoms with Gasteiger partial charge in [0.25, 0.3) is 5.91 Å². The summed E-state index contributed by atoms with van der Waals surface area (Å²) in [4.78, 5) is 27.9. The van der Waals surface area contributed by atoms with E-state index in [4.69, 9.17) is 4.52 Å². The number of aromatic nitrogens is 1. The van der Waals surface area contributed by atoms with Crippen molar-refractivity contribution >= 4 is 17.6 Å². The van der Waals surface area contributed by atoms with Crippen LogP contribution in [0, 0.1) is 12.7 Å². The first-order valence-electron chi connectivity index (χ1n) is 9.04. The van der Waals surface area contributed by atoms with E-state index in [0.717, 1.165) is 13.1 Å².